The second kappa shape index (κ2) is 9.51. The van der Waals surface area contributed by atoms with E-state index in [4.69, 9.17) is 22.1 Å². The van der Waals surface area contributed by atoms with E-state index in [2.05, 4.69) is 5.10 Å². The van der Waals surface area contributed by atoms with Gasteiger partial charge in [-0.1, -0.05) is 17.7 Å². The number of ether oxygens (including phenoxy) is 1. The molecule has 1 saturated heterocycles. The van der Waals surface area contributed by atoms with Crippen molar-refractivity contribution in [2.24, 2.45) is 18.2 Å². The lowest BCUT2D eigenvalue weighted by Gasteiger charge is -2.42. The van der Waals surface area contributed by atoms with Gasteiger partial charge in [0.05, 0.1) is 12.8 Å². The molecule has 8 heteroatoms. The number of likely N-dealkylation sites (tertiary alicyclic amines) is 1. The fraction of sp³-hybridized carbons (Fsp3) is 0.500. The molecule has 1 fully saturated rings. The highest BCUT2D eigenvalue weighted by Gasteiger charge is 2.39. The summed E-state index contributed by atoms with van der Waals surface area (Å²) in [6, 6.07) is 7.15. The molecule has 0 saturated carbocycles. The van der Waals surface area contributed by atoms with Crippen LogP contribution in [0.25, 0.3) is 0 Å². The first-order chi connectivity index (χ1) is 14.3. The summed E-state index contributed by atoms with van der Waals surface area (Å²) in [5, 5.41) is 4.82. The van der Waals surface area contributed by atoms with E-state index in [1.165, 1.54) is 0 Å². The third-order valence-electron chi connectivity index (χ3n) is 5.85. The summed E-state index contributed by atoms with van der Waals surface area (Å²) >= 11 is 6.04. The predicted molar refractivity (Wildman–Crippen MR) is 115 cm³/mol. The number of halogens is 1. The molecular weight excluding hydrogens is 404 g/mol. The highest BCUT2D eigenvalue weighted by molar-refractivity contribution is 6.30. The number of aromatic nitrogens is 2. The van der Waals surface area contributed by atoms with E-state index >= 15 is 0 Å². The quantitative estimate of drug-likeness (QED) is 0.694. The molecule has 0 unspecified atom stereocenters. The molecule has 0 radical (unpaired) electrons. The number of hydrogen-bond donors (Lipinski definition) is 1. The normalized spacial score (nSPS) is 19.0. The first-order valence-corrected chi connectivity index (χ1v) is 10.6. The van der Waals surface area contributed by atoms with Gasteiger partial charge in [0.15, 0.2) is 0 Å². The Kier molecular flexibility index (Phi) is 7.02. The molecule has 2 heterocycles. The summed E-state index contributed by atoms with van der Waals surface area (Å²) < 4.78 is 7.78. The fourth-order valence-corrected chi connectivity index (χ4v) is 4.27. The molecule has 7 nitrogen and oxygen atoms in total. The van der Waals surface area contributed by atoms with Gasteiger partial charge in [-0.15, -0.1) is 0 Å². The summed E-state index contributed by atoms with van der Waals surface area (Å²) in [6.07, 6.45) is 4.64. The highest BCUT2D eigenvalue weighted by Crippen LogP contribution is 2.35. The van der Waals surface area contributed by atoms with Crippen LogP contribution in [-0.4, -0.2) is 46.2 Å². The summed E-state index contributed by atoms with van der Waals surface area (Å²) in [4.78, 5) is 26.6. The van der Waals surface area contributed by atoms with Gasteiger partial charge in [0.25, 0.3) is 0 Å². The van der Waals surface area contributed by atoms with E-state index in [0.29, 0.717) is 43.3 Å². The Morgan fingerprint density at radius 1 is 1.37 bits per heavy atom. The molecule has 0 spiro atoms. The summed E-state index contributed by atoms with van der Waals surface area (Å²) in [6.45, 7) is 3.45. The number of carbonyl (C=O) groups excluding carboxylic acids is 2. The van der Waals surface area contributed by atoms with Gasteiger partial charge in [-0.3, -0.25) is 14.3 Å². The Labute approximate surface area is 182 Å². The number of primary amides is 1. The zero-order valence-electron chi connectivity index (χ0n) is 17.6. The molecule has 2 amide bonds. The molecule has 2 N–H and O–H groups in total. The van der Waals surface area contributed by atoms with Gasteiger partial charge in [-0.05, 0) is 49.9 Å². The van der Waals surface area contributed by atoms with Crippen LogP contribution in [-0.2, 0) is 23.1 Å². The van der Waals surface area contributed by atoms with Crippen LogP contribution in [0.1, 0.15) is 36.9 Å². The Balaban J connectivity index is 1.65. The van der Waals surface area contributed by atoms with Crippen molar-refractivity contribution >= 4 is 23.4 Å². The number of benzene rings is 1. The van der Waals surface area contributed by atoms with Gasteiger partial charge in [-0.2, -0.15) is 5.10 Å². The second-order valence-corrected chi connectivity index (χ2v) is 8.62. The van der Waals surface area contributed by atoms with Crippen molar-refractivity contribution < 1.29 is 14.3 Å². The lowest BCUT2D eigenvalue weighted by Crippen LogP contribution is -2.50. The zero-order valence-corrected chi connectivity index (χ0v) is 18.3. The number of nitrogens with two attached hydrogens (primary N) is 1. The second-order valence-electron chi connectivity index (χ2n) is 8.19. The van der Waals surface area contributed by atoms with Crippen molar-refractivity contribution in [2.75, 3.05) is 19.7 Å². The van der Waals surface area contributed by atoms with Crippen LogP contribution in [0.2, 0.25) is 5.02 Å². The molecule has 1 atom stereocenters. The van der Waals surface area contributed by atoms with Crippen molar-refractivity contribution in [1.29, 1.82) is 0 Å². The number of amides is 2. The van der Waals surface area contributed by atoms with Gasteiger partial charge >= 0.3 is 0 Å². The number of hydrogen-bond acceptors (Lipinski definition) is 4. The molecule has 30 heavy (non-hydrogen) atoms. The lowest BCUT2D eigenvalue weighted by atomic mass is 9.77. The van der Waals surface area contributed by atoms with Gasteiger partial charge in [0, 0.05) is 49.1 Å². The minimum Gasteiger partial charge on any atom is -0.493 e. The van der Waals surface area contributed by atoms with E-state index in [1.807, 2.05) is 41.9 Å². The smallest absolute Gasteiger partial charge is 0.222 e. The molecule has 1 aliphatic rings. The maximum Gasteiger partial charge on any atom is 0.222 e. The first-order valence-electron chi connectivity index (χ1n) is 10.2. The zero-order chi connectivity index (χ0) is 21.7. The topological polar surface area (TPSA) is 90.4 Å². The Bertz CT molecular complexity index is 914. The average molecular weight is 433 g/mol. The third kappa shape index (κ3) is 5.53. The lowest BCUT2D eigenvalue weighted by molar-refractivity contribution is -0.137. The molecule has 1 aromatic heterocycles. The fourth-order valence-electron chi connectivity index (χ4n) is 4.09. The van der Waals surface area contributed by atoms with Crippen LogP contribution in [0.15, 0.2) is 30.5 Å². The molecule has 3 rings (SSSR count). The van der Waals surface area contributed by atoms with E-state index < -0.39 is 5.41 Å². The number of carbonyl (C=O) groups is 2. The molecule has 2 aromatic rings. The minimum atomic E-state index is -0.494. The number of nitrogens with zero attached hydrogens (tertiary/aromatic N) is 3. The number of aryl methyl sites for hydroxylation is 2. The largest absolute Gasteiger partial charge is 0.493 e. The summed E-state index contributed by atoms with van der Waals surface area (Å²) in [5.41, 5.74) is 7.20. The van der Waals surface area contributed by atoms with Crippen LogP contribution < -0.4 is 10.5 Å². The highest BCUT2D eigenvalue weighted by atomic mass is 35.5. The maximum atomic E-state index is 12.9. The van der Waals surface area contributed by atoms with E-state index in [9.17, 15) is 9.59 Å². The van der Waals surface area contributed by atoms with E-state index in [-0.39, 0.29) is 18.2 Å². The van der Waals surface area contributed by atoms with E-state index in [1.54, 1.807) is 12.1 Å². The Hall–Kier alpha value is -2.54. The average Bonchev–Trinajstić information content (AvgIpc) is 3.02. The van der Waals surface area contributed by atoms with Gasteiger partial charge in [0.1, 0.15) is 5.75 Å². The van der Waals surface area contributed by atoms with Crippen molar-refractivity contribution in [3.8, 4) is 5.75 Å². The summed E-state index contributed by atoms with van der Waals surface area (Å²) in [7, 11) is 1.89. The standard InChI is InChI=1S/C22H29ClN4O3/c1-16-17(13-25-26(16)2)7-8-21(29)27-10-4-9-22(14-27,12-20(24)28)15-30-19-6-3-5-18(23)11-19/h3,5-6,11,13H,4,7-10,12,14-15H2,1-2H3,(H2,24,28)/t22-/m0/s1. The number of rotatable bonds is 8. The van der Waals surface area contributed by atoms with Crippen LogP contribution in [0.4, 0.5) is 0 Å². The van der Waals surface area contributed by atoms with Crippen LogP contribution in [0.5, 0.6) is 5.75 Å². The Morgan fingerprint density at radius 3 is 2.83 bits per heavy atom. The van der Waals surface area contributed by atoms with Gasteiger partial charge < -0.3 is 15.4 Å². The monoisotopic (exact) mass is 432 g/mol. The minimum absolute atomic E-state index is 0.0783. The Morgan fingerprint density at radius 2 is 2.17 bits per heavy atom. The molecule has 0 bridgehead atoms. The van der Waals surface area contributed by atoms with Crippen LogP contribution >= 0.6 is 11.6 Å². The number of piperidine rings is 1. The SMILES string of the molecule is Cc1c(CCC(=O)N2CCC[C@](COc3cccc(Cl)c3)(CC(N)=O)C2)cnn1C. The van der Waals surface area contributed by atoms with Crippen molar-refractivity contribution in [3.05, 3.63) is 46.7 Å². The first kappa shape index (κ1) is 22.2. The predicted octanol–water partition coefficient (Wildman–Crippen LogP) is 2.88. The molecule has 0 aliphatic carbocycles. The third-order valence-corrected chi connectivity index (χ3v) is 6.08. The molecule has 1 aliphatic heterocycles. The van der Waals surface area contributed by atoms with Gasteiger partial charge in [0.2, 0.25) is 11.8 Å². The van der Waals surface area contributed by atoms with E-state index in [0.717, 1.165) is 24.1 Å². The summed E-state index contributed by atoms with van der Waals surface area (Å²) in [5.74, 6) is 0.335. The van der Waals surface area contributed by atoms with Crippen LogP contribution in [0.3, 0.4) is 0 Å². The molecule has 1 aromatic carbocycles. The van der Waals surface area contributed by atoms with Crippen molar-refractivity contribution in [2.45, 2.75) is 39.0 Å². The van der Waals surface area contributed by atoms with Gasteiger partial charge in [-0.25, -0.2) is 0 Å². The van der Waals surface area contributed by atoms with Crippen molar-refractivity contribution in [1.82, 2.24) is 14.7 Å². The maximum absolute atomic E-state index is 12.9. The van der Waals surface area contributed by atoms with Crippen molar-refractivity contribution in [3.63, 3.8) is 0 Å². The molecule has 162 valence electrons. The van der Waals surface area contributed by atoms with Crippen LogP contribution in [0, 0.1) is 12.3 Å². The molecular formula is C22H29ClN4O3.